The summed E-state index contributed by atoms with van der Waals surface area (Å²) in [6, 6.07) is 5.76. The van der Waals surface area contributed by atoms with E-state index in [-0.39, 0.29) is 5.16 Å². The van der Waals surface area contributed by atoms with Crippen LogP contribution in [0.1, 0.15) is 26.3 Å². The minimum atomic E-state index is -3.95. The number of nitrogens with two attached hydrogens (primary N) is 1. The van der Waals surface area contributed by atoms with Gasteiger partial charge in [-0.25, -0.2) is 13.6 Å². The van der Waals surface area contributed by atoms with Gasteiger partial charge < -0.3 is 0 Å². The molecule has 21 heavy (non-hydrogen) atoms. The Kier molecular flexibility index (Phi) is 3.98. The van der Waals surface area contributed by atoms with Gasteiger partial charge in [0, 0.05) is 15.6 Å². The number of primary sulfonamides is 1. The number of halogens is 1. The summed E-state index contributed by atoms with van der Waals surface area (Å²) in [7, 11) is -3.95. The van der Waals surface area contributed by atoms with E-state index in [9.17, 15) is 8.42 Å². The lowest BCUT2D eigenvalue weighted by atomic mass is 10.1. The van der Waals surface area contributed by atoms with E-state index in [0.717, 1.165) is 15.6 Å². The molecule has 114 valence electrons. The molecule has 0 saturated carbocycles. The summed E-state index contributed by atoms with van der Waals surface area (Å²) < 4.78 is 25.8. The monoisotopic (exact) mass is 372 g/mol. The molecule has 8 heteroatoms. The minimum Gasteiger partial charge on any atom is -0.291 e. The predicted octanol–water partition coefficient (Wildman–Crippen LogP) is 2.42. The van der Waals surface area contributed by atoms with E-state index >= 15 is 0 Å². The fourth-order valence-electron chi connectivity index (χ4n) is 2.04. The van der Waals surface area contributed by atoms with Gasteiger partial charge in [-0.3, -0.25) is 4.57 Å². The molecule has 2 aromatic rings. The predicted molar refractivity (Wildman–Crippen MR) is 84.3 cm³/mol. The molecule has 0 radical (unpaired) electrons. The number of rotatable bonds is 2. The molecule has 0 aliphatic heterocycles. The van der Waals surface area contributed by atoms with E-state index in [4.69, 9.17) is 5.14 Å². The summed E-state index contributed by atoms with van der Waals surface area (Å²) in [6.45, 7) is 7.57. The highest BCUT2D eigenvalue weighted by atomic mass is 79.9. The number of nitrogens with zero attached hydrogens (tertiary/aromatic N) is 3. The number of hydrogen-bond donors (Lipinski definition) is 1. The van der Waals surface area contributed by atoms with Crippen molar-refractivity contribution in [3.8, 4) is 11.4 Å². The van der Waals surface area contributed by atoms with Crippen LogP contribution in [0.2, 0.25) is 0 Å². The van der Waals surface area contributed by atoms with Crippen LogP contribution in [-0.2, 0) is 15.6 Å². The number of hydrogen-bond acceptors (Lipinski definition) is 4. The molecule has 0 spiro atoms. The number of benzene rings is 1. The van der Waals surface area contributed by atoms with Gasteiger partial charge in [-0.15, -0.1) is 10.2 Å². The summed E-state index contributed by atoms with van der Waals surface area (Å²) in [5.74, 6) is 0.460. The molecule has 1 heterocycles. The molecule has 0 aliphatic carbocycles. The van der Waals surface area contributed by atoms with E-state index in [1.54, 1.807) is 4.57 Å². The Labute approximate surface area is 132 Å². The van der Waals surface area contributed by atoms with Crippen LogP contribution < -0.4 is 5.14 Å². The average molecular weight is 373 g/mol. The summed E-state index contributed by atoms with van der Waals surface area (Å²) in [6.07, 6.45) is 0. The van der Waals surface area contributed by atoms with Crippen LogP contribution >= 0.6 is 15.9 Å². The molecule has 2 N–H and O–H groups in total. The fraction of sp³-hybridized carbons (Fsp3) is 0.385. The smallest absolute Gasteiger partial charge is 0.273 e. The van der Waals surface area contributed by atoms with E-state index in [1.165, 1.54) is 0 Å². The van der Waals surface area contributed by atoms with Gasteiger partial charge in [0.1, 0.15) is 0 Å². The Morgan fingerprint density at radius 1 is 1.24 bits per heavy atom. The Balaban J connectivity index is 2.83. The van der Waals surface area contributed by atoms with Crippen molar-refractivity contribution in [3.05, 3.63) is 28.2 Å². The zero-order valence-corrected chi connectivity index (χ0v) is 14.7. The molecule has 1 aromatic heterocycles. The summed E-state index contributed by atoms with van der Waals surface area (Å²) in [4.78, 5) is 0. The van der Waals surface area contributed by atoms with Crippen LogP contribution in [0.4, 0.5) is 0 Å². The van der Waals surface area contributed by atoms with Crippen LogP contribution in [-0.4, -0.2) is 23.2 Å². The van der Waals surface area contributed by atoms with Crippen molar-refractivity contribution in [3.63, 3.8) is 0 Å². The van der Waals surface area contributed by atoms with Crippen molar-refractivity contribution in [2.75, 3.05) is 0 Å². The van der Waals surface area contributed by atoms with E-state index in [1.807, 2.05) is 45.9 Å². The average Bonchev–Trinajstić information content (AvgIpc) is 2.76. The van der Waals surface area contributed by atoms with Crippen molar-refractivity contribution in [2.45, 2.75) is 38.4 Å². The van der Waals surface area contributed by atoms with Crippen LogP contribution in [0, 0.1) is 6.92 Å². The Morgan fingerprint density at radius 2 is 1.86 bits per heavy atom. The highest BCUT2D eigenvalue weighted by molar-refractivity contribution is 9.10. The minimum absolute atomic E-state index is 0.238. The quantitative estimate of drug-likeness (QED) is 0.875. The maximum absolute atomic E-state index is 11.7. The van der Waals surface area contributed by atoms with Gasteiger partial charge in [0.15, 0.2) is 5.82 Å². The molecule has 0 atom stereocenters. The third kappa shape index (κ3) is 3.17. The molecule has 0 fully saturated rings. The Bertz CT molecular complexity index is 791. The first-order valence-corrected chi connectivity index (χ1v) is 8.61. The molecule has 1 aromatic carbocycles. The SMILES string of the molecule is Cc1ccc(Br)c(-c2nnc(S(N)(=O)=O)n2C(C)(C)C)c1. The summed E-state index contributed by atoms with van der Waals surface area (Å²) in [5, 5.41) is 12.8. The number of sulfonamides is 1. The van der Waals surface area contributed by atoms with Crippen LogP contribution in [0.25, 0.3) is 11.4 Å². The van der Waals surface area contributed by atoms with Crippen molar-refractivity contribution in [1.82, 2.24) is 14.8 Å². The molecule has 2 rings (SSSR count). The Hall–Kier alpha value is -1.25. The van der Waals surface area contributed by atoms with Crippen molar-refractivity contribution >= 4 is 26.0 Å². The summed E-state index contributed by atoms with van der Waals surface area (Å²) >= 11 is 3.47. The van der Waals surface area contributed by atoms with Crippen LogP contribution in [0.5, 0.6) is 0 Å². The van der Waals surface area contributed by atoms with Gasteiger partial charge in [-0.2, -0.15) is 0 Å². The van der Waals surface area contributed by atoms with Gasteiger partial charge >= 0.3 is 0 Å². The third-order valence-corrected chi connectivity index (χ3v) is 4.39. The van der Waals surface area contributed by atoms with Gasteiger partial charge in [-0.1, -0.05) is 27.6 Å². The van der Waals surface area contributed by atoms with Crippen LogP contribution in [0.3, 0.4) is 0 Å². The zero-order valence-electron chi connectivity index (χ0n) is 12.3. The molecule has 0 amide bonds. The fourth-order valence-corrected chi connectivity index (χ4v) is 3.24. The highest BCUT2D eigenvalue weighted by Gasteiger charge is 2.30. The molecule has 0 saturated heterocycles. The molecular formula is C13H17BrN4O2S. The highest BCUT2D eigenvalue weighted by Crippen LogP contribution is 2.32. The normalized spacial score (nSPS) is 12.7. The lowest BCUT2D eigenvalue weighted by Crippen LogP contribution is -2.29. The van der Waals surface area contributed by atoms with E-state index < -0.39 is 15.6 Å². The molecule has 0 aliphatic rings. The topological polar surface area (TPSA) is 90.9 Å². The van der Waals surface area contributed by atoms with Gasteiger partial charge in [0.05, 0.1) is 0 Å². The van der Waals surface area contributed by atoms with Gasteiger partial charge in [0.25, 0.3) is 15.2 Å². The Morgan fingerprint density at radius 3 is 2.38 bits per heavy atom. The van der Waals surface area contributed by atoms with Crippen LogP contribution in [0.15, 0.2) is 27.8 Å². The maximum Gasteiger partial charge on any atom is 0.273 e. The largest absolute Gasteiger partial charge is 0.291 e. The second kappa shape index (κ2) is 5.19. The molecule has 0 bridgehead atoms. The van der Waals surface area contributed by atoms with Gasteiger partial charge in [0.2, 0.25) is 0 Å². The summed E-state index contributed by atoms with van der Waals surface area (Å²) in [5.41, 5.74) is 1.27. The second-order valence-corrected chi connectivity index (χ2v) is 8.15. The van der Waals surface area contributed by atoms with E-state index in [0.29, 0.717) is 5.82 Å². The van der Waals surface area contributed by atoms with Crippen molar-refractivity contribution in [1.29, 1.82) is 0 Å². The third-order valence-electron chi connectivity index (χ3n) is 2.92. The first kappa shape index (κ1) is 16.1. The second-order valence-electron chi connectivity index (χ2n) is 5.84. The maximum atomic E-state index is 11.7. The van der Waals surface area contributed by atoms with Crippen molar-refractivity contribution < 1.29 is 8.42 Å². The van der Waals surface area contributed by atoms with E-state index in [2.05, 4.69) is 26.1 Å². The molecule has 0 unspecified atom stereocenters. The number of aryl methyl sites for hydroxylation is 1. The molecular weight excluding hydrogens is 356 g/mol. The van der Waals surface area contributed by atoms with Gasteiger partial charge in [-0.05, 0) is 39.8 Å². The first-order chi connectivity index (χ1) is 9.51. The lowest BCUT2D eigenvalue weighted by Gasteiger charge is -2.24. The first-order valence-electron chi connectivity index (χ1n) is 6.27. The zero-order chi connectivity index (χ0) is 16.0. The number of aromatic nitrogens is 3. The standard InChI is InChI=1S/C13H17BrN4O2S/c1-8-5-6-10(14)9(7-8)11-16-17-12(21(15,19)20)18(11)13(2,3)4/h5-7H,1-4H3,(H2,15,19,20). The lowest BCUT2D eigenvalue weighted by molar-refractivity contribution is 0.366. The van der Waals surface area contributed by atoms with Crippen molar-refractivity contribution in [2.24, 2.45) is 5.14 Å². The molecule has 6 nitrogen and oxygen atoms in total.